The van der Waals surface area contributed by atoms with Gasteiger partial charge in [0.25, 0.3) is 0 Å². The molecule has 6 heteroatoms. The summed E-state index contributed by atoms with van der Waals surface area (Å²) >= 11 is 0. The zero-order valence-corrected chi connectivity index (χ0v) is 22.4. The van der Waals surface area contributed by atoms with Crippen molar-refractivity contribution < 1.29 is 14.0 Å². The van der Waals surface area contributed by atoms with Crippen LogP contribution < -0.4 is 5.32 Å². The van der Waals surface area contributed by atoms with E-state index in [2.05, 4.69) is 54.4 Å². The standard InChI is InChI=1S/C31H42FN3O2/c1-24(2)22-28-29(36)35(23-26-13-15-27(32)16-14-26)31(30(37)33-28)17-20-34(21-18-31)19-9-4-3-6-10-25-11-7-5-8-12-25/h5,7-8,11-16,24,28H,3-4,6,9-10,17-23H2,1-2H3,(H,33,37)/t28-/m0/s1. The second-order valence-electron chi connectivity index (χ2n) is 11.2. The molecule has 0 saturated carbocycles. The van der Waals surface area contributed by atoms with E-state index in [0.717, 1.165) is 38.0 Å². The summed E-state index contributed by atoms with van der Waals surface area (Å²) in [6, 6.07) is 16.4. The Balaban J connectivity index is 1.32. The Morgan fingerprint density at radius 3 is 2.27 bits per heavy atom. The van der Waals surface area contributed by atoms with Gasteiger partial charge in [-0.25, -0.2) is 4.39 Å². The lowest BCUT2D eigenvalue weighted by atomic mass is 9.80. The van der Waals surface area contributed by atoms with Crippen molar-refractivity contribution in [3.05, 3.63) is 71.5 Å². The Labute approximate surface area is 221 Å². The summed E-state index contributed by atoms with van der Waals surface area (Å²) in [5.74, 6) is -0.0392. The van der Waals surface area contributed by atoms with E-state index >= 15 is 0 Å². The van der Waals surface area contributed by atoms with E-state index in [1.54, 1.807) is 12.1 Å². The van der Waals surface area contributed by atoms with Gasteiger partial charge < -0.3 is 15.1 Å². The Bertz CT molecular complexity index is 1020. The molecule has 0 aliphatic carbocycles. The molecular formula is C31H42FN3O2. The lowest BCUT2D eigenvalue weighted by molar-refractivity contribution is -0.162. The van der Waals surface area contributed by atoms with Crippen molar-refractivity contribution >= 4 is 11.8 Å². The molecule has 2 aromatic rings. The smallest absolute Gasteiger partial charge is 0.246 e. The van der Waals surface area contributed by atoms with Gasteiger partial charge in [-0.05, 0) is 74.2 Å². The number of unbranched alkanes of at least 4 members (excludes halogenated alkanes) is 3. The molecule has 2 aliphatic heterocycles. The number of piperazine rings is 1. The van der Waals surface area contributed by atoms with Crippen molar-refractivity contribution in [3.63, 3.8) is 0 Å². The Morgan fingerprint density at radius 2 is 1.59 bits per heavy atom. The van der Waals surface area contributed by atoms with E-state index in [4.69, 9.17) is 0 Å². The van der Waals surface area contributed by atoms with Crippen LogP contribution in [0.3, 0.4) is 0 Å². The summed E-state index contributed by atoms with van der Waals surface area (Å²) in [5, 5.41) is 3.07. The first-order valence-corrected chi connectivity index (χ1v) is 14.0. The first-order chi connectivity index (χ1) is 17.9. The van der Waals surface area contributed by atoms with E-state index < -0.39 is 11.6 Å². The van der Waals surface area contributed by atoms with Gasteiger partial charge in [-0.2, -0.15) is 0 Å². The minimum Gasteiger partial charge on any atom is -0.342 e. The van der Waals surface area contributed by atoms with Gasteiger partial charge in [0.1, 0.15) is 17.4 Å². The lowest BCUT2D eigenvalue weighted by Crippen LogP contribution is -2.72. The van der Waals surface area contributed by atoms with Crippen LogP contribution in [0.4, 0.5) is 4.39 Å². The molecule has 1 N–H and O–H groups in total. The third kappa shape index (κ3) is 6.98. The molecule has 0 radical (unpaired) electrons. The predicted molar refractivity (Wildman–Crippen MR) is 145 cm³/mol. The number of nitrogens with one attached hydrogen (secondary N) is 1. The molecule has 37 heavy (non-hydrogen) atoms. The second kappa shape index (κ2) is 12.7. The van der Waals surface area contributed by atoms with Crippen LogP contribution in [-0.2, 0) is 22.6 Å². The van der Waals surface area contributed by atoms with Gasteiger partial charge in [0.05, 0.1) is 0 Å². The van der Waals surface area contributed by atoms with Crippen LogP contribution >= 0.6 is 0 Å². The van der Waals surface area contributed by atoms with Crippen molar-refractivity contribution in [1.82, 2.24) is 15.1 Å². The highest BCUT2D eigenvalue weighted by atomic mass is 19.1. The molecule has 4 rings (SSSR count). The maximum absolute atomic E-state index is 13.6. The summed E-state index contributed by atoms with van der Waals surface area (Å²) in [4.78, 5) is 31.4. The van der Waals surface area contributed by atoms with E-state index in [0.29, 0.717) is 31.7 Å². The fourth-order valence-corrected chi connectivity index (χ4v) is 5.82. The number of benzene rings is 2. The van der Waals surface area contributed by atoms with Gasteiger partial charge in [0, 0.05) is 19.6 Å². The van der Waals surface area contributed by atoms with Crippen molar-refractivity contribution in [2.45, 2.75) is 83.3 Å². The molecule has 2 amide bonds. The van der Waals surface area contributed by atoms with E-state index in [1.807, 2.05) is 4.90 Å². The van der Waals surface area contributed by atoms with Crippen LogP contribution in [0.1, 0.15) is 69.9 Å². The van der Waals surface area contributed by atoms with E-state index in [1.165, 1.54) is 37.0 Å². The summed E-state index contributed by atoms with van der Waals surface area (Å²) < 4.78 is 13.5. The number of carbonyl (C=O) groups is 2. The maximum atomic E-state index is 13.6. The monoisotopic (exact) mass is 507 g/mol. The van der Waals surface area contributed by atoms with Crippen molar-refractivity contribution in [1.29, 1.82) is 0 Å². The number of halogens is 1. The predicted octanol–water partition coefficient (Wildman–Crippen LogP) is 5.34. The van der Waals surface area contributed by atoms with Gasteiger partial charge in [-0.3, -0.25) is 9.59 Å². The average Bonchev–Trinajstić information content (AvgIpc) is 2.89. The van der Waals surface area contributed by atoms with Gasteiger partial charge in [-0.1, -0.05) is 69.2 Å². The zero-order valence-electron chi connectivity index (χ0n) is 22.4. The van der Waals surface area contributed by atoms with Gasteiger partial charge in [0.15, 0.2) is 0 Å². The minimum absolute atomic E-state index is 0.00973. The molecule has 0 aromatic heterocycles. The maximum Gasteiger partial charge on any atom is 0.246 e. The first-order valence-electron chi connectivity index (χ1n) is 14.0. The van der Waals surface area contributed by atoms with Crippen LogP contribution in [0.25, 0.3) is 0 Å². The Kier molecular flexibility index (Phi) is 9.36. The molecule has 1 atom stereocenters. The molecule has 2 saturated heterocycles. The highest BCUT2D eigenvalue weighted by Gasteiger charge is 2.53. The van der Waals surface area contributed by atoms with Crippen LogP contribution in [-0.4, -0.2) is 52.8 Å². The molecule has 2 fully saturated rings. The summed E-state index contributed by atoms with van der Waals surface area (Å²) in [6.45, 7) is 7.11. The number of aryl methyl sites for hydroxylation is 1. The second-order valence-corrected chi connectivity index (χ2v) is 11.2. The largest absolute Gasteiger partial charge is 0.342 e. The molecule has 0 bridgehead atoms. The molecule has 200 valence electrons. The number of hydrogen-bond donors (Lipinski definition) is 1. The number of piperidine rings is 1. The average molecular weight is 508 g/mol. The molecule has 0 unspecified atom stereocenters. The molecule has 2 aliphatic rings. The van der Waals surface area contributed by atoms with Crippen molar-refractivity contribution in [3.8, 4) is 0 Å². The molecular weight excluding hydrogens is 465 g/mol. The number of nitrogens with zero attached hydrogens (tertiary/aromatic N) is 2. The number of carbonyl (C=O) groups excluding carboxylic acids is 2. The number of likely N-dealkylation sites (tertiary alicyclic amines) is 1. The third-order valence-corrected chi connectivity index (χ3v) is 7.99. The molecule has 1 spiro atoms. The van der Waals surface area contributed by atoms with Crippen LogP contribution in [0, 0.1) is 11.7 Å². The zero-order chi connectivity index (χ0) is 26.3. The number of amides is 2. The van der Waals surface area contributed by atoms with Crippen LogP contribution in [0.5, 0.6) is 0 Å². The quantitative estimate of drug-likeness (QED) is 0.418. The Hall–Kier alpha value is -2.73. The molecule has 2 heterocycles. The first kappa shape index (κ1) is 27.3. The van der Waals surface area contributed by atoms with Gasteiger partial charge in [-0.15, -0.1) is 0 Å². The summed E-state index contributed by atoms with van der Waals surface area (Å²) in [7, 11) is 0. The highest BCUT2D eigenvalue weighted by molar-refractivity contribution is 6.00. The van der Waals surface area contributed by atoms with Crippen LogP contribution in [0.15, 0.2) is 54.6 Å². The third-order valence-electron chi connectivity index (χ3n) is 7.99. The van der Waals surface area contributed by atoms with Crippen molar-refractivity contribution in [2.24, 2.45) is 5.92 Å². The van der Waals surface area contributed by atoms with Gasteiger partial charge in [0.2, 0.25) is 11.8 Å². The van der Waals surface area contributed by atoms with Crippen molar-refractivity contribution in [2.75, 3.05) is 19.6 Å². The molecule has 5 nitrogen and oxygen atoms in total. The van der Waals surface area contributed by atoms with Gasteiger partial charge >= 0.3 is 0 Å². The lowest BCUT2D eigenvalue weighted by Gasteiger charge is -2.52. The summed E-state index contributed by atoms with van der Waals surface area (Å²) in [5.41, 5.74) is 1.43. The van der Waals surface area contributed by atoms with Crippen LogP contribution in [0.2, 0.25) is 0 Å². The van der Waals surface area contributed by atoms with E-state index in [9.17, 15) is 14.0 Å². The fourth-order valence-electron chi connectivity index (χ4n) is 5.82. The SMILES string of the molecule is CC(C)C[C@@H]1NC(=O)C2(CCN(CCCCCCc3ccccc3)CC2)N(Cc2ccc(F)cc2)C1=O. The molecule has 2 aromatic carbocycles. The Morgan fingerprint density at radius 1 is 0.919 bits per heavy atom. The highest BCUT2D eigenvalue weighted by Crippen LogP contribution is 2.35. The summed E-state index contributed by atoms with van der Waals surface area (Å²) in [6.07, 6.45) is 7.83. The van der Waals surface area contributed by atoms with E-state index in [-0.39, 0.29) is 17.6 Å². The fraction of sp³-hybridized carbons (Fsp3) is 0.548. The minimum atomic E-state index is -0.828. The normalized spacial score (nSPS) is 20.0. The topological polar surface area (TPSA) is 52.7 Å². The number of hydrogen-bond acceptors (Lipinski definition) is 3. The number of rotatable bonds is 11.